The molecule has 0 aromatic heterocycles. The zero-order valence-electron chi connectivity index (χ0n) is 16.4. The summed E-state index contributed by atoms with van der Waals surface area (Å²) >= 11 is 0. The van der Waals surface area contributed by atoms with Crippen LogP contribution in [0, 0.1) is 16.0 Å². The Labute approximate surface area is 170 Å². The second-order valence-corrected chi connectivity index (χ2v) is 8.97. The maximum atomic E-state index is 12.7. The number of hydrogen-bond donors (Lipinski definition) is 1. The Balaban J connectivity index is 1.74. The molecule has 1 aliphatic rings. The van der Waals surface area contributed by atoms with Crippen molar-refractivity contribution in [3.63, 3.8) is 0 Å². The maximum absolute atomic E-state index is 12.7. The van der Waals surface area contributed by atoms with E-state index in [1.165, 1.54) is 24.3 Å². The van der Waals surface area contributed by atoms with Crippen LogP contribution in [0.25, 0.3) is 0 Å². The monoisotopic (exact) mass is 419 g/mol. The molecular weight excluding hydrogens is 394 g/mol. The Hall–Kier alpha value is -2.49. The number of ether oxygens (including phenoxy) is 1. The second kappa shape index (κ2) is 8.89. The maximum Gasteiger partial charge on any atom is 0.269 e. The number of nitro groups is 1. The zero-order chi connectivity index (χ0) is 21.0. The van der Waals surface area contributed by atoms with Crippen LogP contribution in [0.2, 0.25) is 0 Å². The molecule has 0 aliphatic carbocycles. The van der Waals surface area contributed by atoms with Crippen LogP contribution >= 0.6 is 0 Å². The first-order valence-electron chi connectivity index (χ1n) is 9.40. The summed E-state index contributed by atoms with van der Waals surface area (Å²) in [6.45, 7) is 1.24. The minimum absolute atomic E-state index is 0.0215. The van der Waals surface area contributed by atoms with Crippen molar-refractivity contribution < 1.29 is 18.1 Å². The highest BCUT2D eigenvalue weighted by atomic mass is 32.2. The molecular formula is C20H25N3O5S. The van der Waals surface area contributed by atoms with Gasteiger partial charge in [-0.2, -0.15) is 0 Å². The fraction of sp³-hybridized carbons (Fsp3) is 0.400. The smallest absolute Gasteiger partial charge is 0.269 e. The lowest BCUT2D eigenvalue weighted by molar-refractivity contribution is -0.384. The summed E-state index contributed by atoms with van der Waals surface area (Å²) in [7, 11) is -0.0770. The Kier molecular flexibility index (Phi) is 6.51. The standard InChI is InChI=1S/C20H25N3O5S/c1-22-13-3-4-16(20(22)15-5-9-18(28-2)10-6-15)14-21-29(26,27)19-11-7-17(8-12-19)23(24)25/h5-12,16,20-21H,3-4,13-14H2,1-2H3. The fourth-order valence-electron chi connectivity index (χ4n) is 3.85. The number of non-ortho nitro benzene ring substituents is 1. The number of rotatable bonds is 7. The van der Waals surface area contributed by atoms with Gasteiger partial charge >= 0.3 is 0 Å². The summed E-state index contributed by atoms with van der Waals surface area (Å²) in [6.07, 6.45) is 1.90. The van der Waals surface area contributed by atoms with Crippen LogP contribution in [-0.2, 0) is 10.0 Å². The molecule has 1 N–H and O–H groups in total. The lowest BCUT2D eigenvalue weighted by Gasteiger charge is -2.39. The van der Waals surface area contributed by atoms with Crippen molar-refractivity contribution in [2.24, 2.45) is 5.92 Å². The van der Waals surface area contributed by atoms with E-state index in [1.807, 2.05) is 31.3 Å². The third-order valence-electron chi connectivity index (χ3n) is 5.36. The van der Waals surface area contributed by atoms with Crippen LogP contribution < -0.4 is 9.46 Å². The Morgan fingerprint density at radius 1 is 1.17 bits per heavy atom. The van der Waals surface area contributed by atoms with Crippen molar-refractivity contribution >= 4 is 15.7 Å². The minimum atomic E-state index is -3.75. The highest BCUT2D eigenvalue weighted by Gasteiger charge is 2.31. The van der Waals surface area contributed by atoms with Crippen LogP contribution in [0.3, 0.4) is 0 Å². The molecule has 29 heavy (non-hydrogen) atoms. The van der Waals surface area contributed by atoms with E-state index in [2.05, 4.69) is 9.62 Å². The lowest BCUT2D eigenvalue weighted by atomic mass is 9.85. The summed E-state index contributed by atoms with van der Waals surface area (Å²) in [6, 6.07) is 12.9. The first-order chi connectivity index (χ1) is 13.8. The second-order valence-electron chi connectivity index (χ2n) is 7.20. The van der Waals surface area contributed by atoms with Crippen LogP contribution in [0.15, 0.2) is 53.4 Å². The summed E-state index contributed by atoms with van der Waals surface area (Å²) in [5.41, 5.74) is 0.977. The molecule has 2 aromatic carbocycles. The predicted molar refractivity (Wildman–Crippen MR) is 109 cm³/mol. The van der Waals surface area contributed by atoms with Crippen LogP contribution in [0.4, 0.5) is 5.69 Å². The van der Waals surface area contributed by atoms with E-state index in [4.69, 9.17) is 4.74 Å². The van der Waals surface area contributed by atoms with Gasteiger partial charge in [0.25, 0.3) is 5.69 Å². The normalized spacial score (nSPS) is 20.3. The van der Waals surface area contributed by atoms with E-state index in [9.17, 15) is 18.5 Å². The average Bonchev–Trinajstić information content (AvgIpc) is 2.72. The number of piperidine rings is 1. The summed E-state index contributed by atoms with van der Waals surface area (Å²) < 4.78 is 33.2. The van der Waals surface area contributed by atoms with E-state index in [1.54, 1.807) is 7.11 Å². The largest absolute Gasteiger partial charge is 0.497 e. The number of methoxy groups -OCH3 is 1. The molecule has 9 heteroatoms. The molecule has 0 saturated carbocycles. The van der Waals surface area contributed by atoms with E-state index in [-0.39, 0.29) is 22.5 Å². The van der Waals surface area contributed by atoms with E-state index in [0.717, 1.165) is 30.7 Å². The Morgan fingerprint density at radius 3 is 2.41 bits per heavy atom. The number of sulfonamides is 1. The molecule has 2 unspecified atom stereocenters. The van der Waals surface area contributed by atoms with Crippen molar-refractivity contribution in [1.82, 2.24) is 9.62 Å². The van der Waals surface area contributed by atoms with Gasteiger partial charge in [0.05, 0.1) is 16.9 Å². The number of benzene rings is 2. The van der Waals surface area contributed by atoms with Gasteiger partial charge in [-0.3, -0.25) is 15.0 Å². The molecule has 3 rings (SSSR count). The lowest BCUT2D eigenvalue weighted by Crippen LogP contribution is -2.41. The molecule has 1 heterocycles. The van der Waals surface area contributed by atoms with E-state index in [0.29, 0.717) is 6.54 Å². The minimum Gasteiger partial charge on any atom is -0.497 e. The fourth-order valence-corrected chi connectivity index (χ4v) is 4.94. The summed E-state index contributed by atoms with van der Waals surface area (Å²) in [5, 5.41) is 10.8. The predicted octanol–water partition coefficient (Wildman–Crippen LogP) is 2.96. The molecule has 0 amide bonds. The zero-order valence-corrected chi connectivity index (χ0v) is 17.3. The molecule has 2 aromatic rings. The third kappa shape index (κ3) is 4.92. The van der Waals surface area contributed by atoms with Crippen LogP contribution in [0.5, 0.6) is 5.75 Å². The van der Waals surface area contributed by atoms with Gasteiger partial charge < -0.3 is 4.74 Å². The highest BCUT2D eigenvalue weighted by Crippen LogP contribution is 2.35. The van der Waals surface area contributed by atoms with Gasteiger partial charge in [0, 0.05) is 24.7 Å². The molecule has 0 spiro atoms. The molecule has 156 valence electrons. The summed E-state index contributed by atoms with van der Waals surface area (Å²) in [4.78, 5) is 12.5. The topological polar surface area (TPSA) is 102 Å². The highest BCUT2D eigenvalue weighted by molar-refractivity contribution is 7.89. The quantitative estimate of drug-likeness (QED) is 0.547. The first-order valence-corrected chi connectivity index (χ1v) is 10.9. The average molecular weight is 420 g/mol. The van der Waals surface area contributed by atoms with Crippen molar-refractivity contribution in [1.29, 1.82) is 0 Å². The van der Waals surface area contributed by atoms with Gasteiger partial charge in [0.15, 0.2) is 0 Å². The van der Waals surface area contributed by atoms with Crippen molar-refractivity contribution in [3.8, 4) is 5.75 Å². The van der Waals surface area contributed by atoms with Gasteiger partial charge in [0.1, 0.15) is 5.75 Å². The molecule has 8 nitrogen and oxygen atoms in total. The van der Waals surface area contributed by atoms with E-state index >= 15 is 0 Å². The van der Waals surface area contributed by atoms with Crippen molar-refractivity contribution in [2.45, 2.75) is 23.8 Å². The molecule has 1 fully saturated rings. The third-order valence-corrected chi connectivity index (χ3v) is 6.80. The SMILES string of the molecule is COc1ccc(C2C(CNS(=O)(=O)c3ccc([N+](=O)[O-])cc3)CCCN2C)cc1. The first kappa shape index (κ1) is 21.2. The molecule has 2 atom stereocenters. The molecule has 1 saturated heterocycles. The van der Waals surface area contributed by atoms with Crippen LogP contribution in [0.1, 0.15) is 24.4 Å². The van der Waals surface area contributed by atoms with Crippen molar-refractivity contribution in [3.05, 3.63) is 64.2 Å². The van der Waals surface area contributed by atoms with Gasteiger partial charge in [-0.05, 0) is 62.2 Å². The number of nitrogens with zero attached hydrogens (tertiary/aromatic N) is 2. The van der Waals surface area contributed by atoms with Gasteiger partial charge in [-0.1, -0.05) is 12.1 Å². The van der Waals surface area contributed by atoms with Crippen molar-refractivity contribution in [2.75, 3.05) is 27.2 Å². The molecule has 0 radical (unpaired) electrons. The number of nitro benzene ring substituents is 1. The summed E-state index contributed by atoms with van der Waals surface area (Å²) in [5.74, 6) is 0.887. The van der Waals surface area contributed by atoms with Crippen LogP contribution in [-0.4, -0.2) is 45.5 Å². The Morgan fingerprint density at radius 2 is 1.83 bits per heavy atom. The molecule has 0 bridgehead atoms. The van der Waals surface area contributed by atoms with Gasteiger partial charge in [-0.25, -0.2) is 13.1 Å². The molecule has 1 aliphatic heterocycles. The van der Waals surface area contributed by atoms with Gasteiger partial charge in [-0.15, -0.1) is 0 Å². The van der Waals surface area contributed by atoms with Gasteiger partial charge in [0.2, 0.25) is 10.0 Å². The number of hydrogen-bond acceptors (Lipinski definition) is 6. The number of likely N-dealkylation sites (tertiary alicyclic amines) is 1. The number of nitrogens with one attached hydrogen (secondary N) is 1. The van der Waals surface area contributed by atoms with E-state index < -0.39 is 14.9 Å². The Bertz CT molecular complexity index is 945.